The number of anilines is 1. The van der Waals surface area contributed by atoms with Gasteiger partial charge >= 0.3 is 5.97 Å². The van der Waals surface area contributed by atoms with E-state index in [1.807, 2.05) is 6.92 Å². The van der Waals surface area contributed by atoms with Crippen LogP contribution in [-0.4, -0.2) is 28.5 Å². The van der Waals surface area contributed by atoms with Crippen molar-refractivity contribution in [1.82, 2.24) is 9.55 Å². The number of rotatable bonds is 3. The molecule has 6 nitrogen and oxygen atoms in total. The first kappa shape index (κ1) is 13.3. The van der Waals surface area contributed by atoms with Crippen LogP contribution in [0, 0.1) is 6.92 Å². The van der Waals surface area contributed by atoms with Gasteiger partial charge in [-0.15, -0.1) is 11.3 Å². The van der Waals surface area contributed by atoms with Gasteiger partial charge in [-0.1, -0.05) is 0 Å². The molecule has 2 aromatic heterocycles. The molecule has 1 amide bonds. The summed E-state index contributed by atoms with van der Waals surface area (Å²) in [5, 5.41) is 4.49. The number of methoxy groups -OCH3 is 1. The van der Waals surface area contributed by atoms with E-state index in [0.29, 0.717) is 16.3 Å². The van der Waals surface area contributed by atoms with Gasteiger partial charge in [0.1, 0.15) is 10.6 Å². The maximum atomic E-state index is 12.0. The van der Waals surface area contributed by atoms with E-state index in [2.05, 4.69) is 15.0 Å². The summed E-state index contributed by atoms with van der Waals surface area (Å²) in [6.45, 7) is 1.82. The number of hydrogen-bond acceptors (Lipinski definition) is 5. The van der Waals surface area contributed by atoms with Crippen LogP contribution in [0.3, 0.4) is 0 Å². The molecule has 100 valence electrons. The summed E-state index contributed by atoms with van der Waals surface area (Å²) in [5.41, 5.74) is 1.59. The number of hydrogen-bond donors (Lipinski definition) is 1. The molecule has 0 bridgehead atoms. The maximum Gasteiger partial charge on any atom is 0.350 e. The van der Waals surface area contributed by atoms with Gasteiger partial charge in [-0.3, -0.25) is 4.79 Å². The van der Waals surface area contributed by atoms with E-state index in [0.717, 1.165) is 5.56 Å². The zero-order valence-electron chi connectivity index (χ0n) is 10.8. The molecule has 0 aromatic carbocycles. The molecule has 0 aliphatic rings. The van der Waals surface area contributed by atoms with Crippen LogP contribution in [0.15, 0.2) is 17.9 Å². The number of aryl methyl sites for hydroxylation is 2. The SMILES string of the molecule is COC(=O)c1scc(C)c1NC(=O)c1cn(C)cn1. The van der Waals surface area contributed by atoms with Gasteiger partial charge in [0.05, 0.1) is 19.1 Å². The second-order valence-electron chi connectivity index (χ2n) is 3.99. The maximum absolute atomic E-state index is 12.0. The van der Waals surface area contributed by atoms with Crippen LogP contribution in [0.1, 0.15) is 25.7 Å². The molecule has 1 N–H and O–H groups in total. The summed E-state index contributed by atoms with van der Waals surface area (Å²) >= 11 is 1.24. The molecule has 2 heterocycles. The summed E-state index contributed by atoms with van der Waals surface area (Å²) < 4.78 is 6.36. The fourth-order valence-electron chi connectivity index (χ4n) is 1.55. The second kappa shape index (κ2) is 5.23. The van der Waals surface area contributed by atoms with Crippen LogP contribution >= 0.6 is 11.3 Å². The quantitative estimate of drug-likeness (QED) is 0.870. The summed E-state index contributed by atoms with van der Waals surface area (Å²) in [7, 11) is 3.08. The number of carbonyl (C=O) groups is 2. The summed E-state index contributed by atoms with van der Waals surface area (Å²) in [6.07, 6.45) is 3.14. The predicted molar refractivity (Wildman–Crippen MR) is 71.6 cm³/mol. The minimum atomic E-state index is -0.463. The molecule has 0 unspecified atom stereocenters. The Bertz CT molecular complexity index is 630. The first-order chi connectivity index (χ1) is 9.02. The third-order valence-corrected chi connectivity index (χ3v) is 3.60. The molecule has 0 aliphatic carbocycles. The Kier molecular flexibility index (Phi) is 3.66. The van der Waals surface area contributed by atoms with Crippen LogP contribution in [0.5, 0.6) is 0 Å². The van der Waals surface area contributed by atoms with E-state index < -0.39 is 5.97 Å². The van der Waals surface area contributed by atoms with Crippen molar-refractivity contribution in [2.45, 2.75) is 6.92 Å². The number of esters is 1. The zero-order valence-corrected chi connectivity index (χ0v) is 11.6. The van der Waals surface area contributed by atoms with Gasteiger partial charge in [0.25, 0.3) is 5.91 Å². The van der Waals surface area contributed by atoms with Crippen molar-refractivity contribution in [3.63, 3.8) is 0 Å². The Morgan fingerprint density at radius 3 is 2.79 bits per heavy atom. The van der Waals surface area contributed by atoms with Gasteiger partial charge in [-0.25, -0.2) is 9.78 Å². The van der Waals surface area contributed by atoms with Crippen molar-refractivity contribution in [2.24, 2.45) is 7.05 Å². The first-order valence-electron chi connectivity index (χ1n) is 5.48. The summed E-state index contributed by atoms with van der Waals surface area (Å²) in [6, 6.07) is 0. The standard InChI is InChI=1S/C12H13N3O3S/c1-7-5-19-10(12(17)18-3)9(7)14-11(16)8-4-15(2)6-13-8/h4-6H,1-3H3,(H,14,16). The van der Waals surface area contributed by atoms with Crippen LogP contribution in [0.25, 0.3) is 0 Å². The summed E-state index contributed by atoms with van der Waals surface area (Å²) in [4.78, 5) is 27.9. The number of ether oxygens (including phenoxy) is 1. The Morgan fingerprint density at radius 1 is 1.47 bits per heavy atom. The fraction of sp³-hybridized carbons (Fsp3) is 0.250. The molecular weight excluding hydrogens is 266 g/mol. The number of nitrogens with zero attached hydrogens (tertiary/aromatic N) is 2. The van der Waals surface area contributed by atoms with Gasteiger partial charge in [0.2, 0.25) is 0 Å². The van der Waals surface area contributed by atoms with E-state index in [4.69, 9.17) is 0 Å². The molecule has 0 aliphatic heterocycles. The van der Waals surface area contributed by atoms with E-state index in [1.54, 1.807) is 23.2 Å². The van der Waals surface area contributed by atoms with Crippen LogP contribution in [-0.2, 0) is 11.8 Å². The molecule has 0 saturated heterocycles. The van der Waals surface area contributed by atoms with E-state index in [9.17, 15) is 9.59 Å². The van der Waals surface area contributed by atoms with E-state index in [-0.39, 0.29) is 5.91 Å². The lowest BCUT2D eigenvalue weighted by Gasteiger charge is -2.05. The third-order valence-electron chi connectivity index (χ3n) is 2.52. The zero-order chi connectivity index (χ0) is 14.0. The molecule has 2 aromatic rings. The fourth-order valence-corrected chi connectivity index (χ4v) is 2.47. The number of aromatic nitrogens is 2. The summed E-state index contributed by atoms with van der Waals surface area (Å²) in [5.74, 6) is -0.818. The minimum Gasteiger partial charge on any atom is -0.465 e. The van der Waals surface area contributed by atoms with Crippen molar-refractivity contribution < 1.29 is 14.3 Å². The first-order valence-corrected chi connectivity index (χ1v) is 6.36. The predicted octanol–water partition coefficient (Wildman–Crippen LogP) is 1.83. The van der Waals surface area contributed by atoms with Crippen molar-refractivity contribution in [2.75, 3.05) is 12.4 Å². The smallest absolute Gasteiger partial charge is 0.350 e. The molecule has 0 saturated carbocycles. The lowest BCUT2D eigenvalue weighted by Crippen LogP contribution is -2.15. The minimum absolute atomic E-state index is 0.295. The van der Waals surface area contributed by atoms with Crippen molar-refractivity contribution in [3.8, 4) is 0 Å². The van der Waals surface area contributed by atoms with Gasteiger partial charge in [-0.05, 0) is 17.9 Å². The Morgan fingerprint density at radius 2 is 2.21 bits per heavy atom. The lowest BCUT2D eigenvalue weighted by atomic mass is 10.2. The molecular formula is C12H13N3O3S. The molecule has 7 heteroatoms. The lowest BCUT2D eigenvalue weighted by molar-refractivity contribution is 0.0607. The largest absolute Gasteiger partial charge is 0.465 e. The van der Waals surface area contributed by atoms with Crippen molar-refractivity contribution in [1.29, 1.82) is 0 Å². The van der Waals surface area contributed by atoms with Gasteiger partial charge in [0, 0.05) is 13.2 Å². The van der Waals surface area contributed by atoms with Crippen molar-refractivity contribution in [3.05, 3.63) is 34.0 Å². The van der Waals surface area contributed by atoms with Crippen molar-refractivity contribution >= 4 is 28.9 Å². The Labute approximate surface area is 114 Å². The number of nitrogens with one attached hydrogen (secondary N) is 1. The molecule has 0 fully saturated rings. The highest BCUT2D eigenvalue weighted by molar-refractivity contribution is 7.12. The average molecular weight is 279 g/mol. The molecule has 0 atom stereocenters. The highest BCUT2D eigenvalue weighted by Crippen LogP contribution is 2.28. The topological polar surface area (TPSA) is 73.2 Å². The van der Waals surface area contributed by atoms with Crippen LogP contribution in [0.4, 0.5) is 5.69 Å². The normalized spacial score (nSPS) is 10.3. The highest BCUT2D eigenvalue weighted by Gasteiger charge is 2.19. The number of carbonyl (C=O) groups excluding carboxylic acids is 2. The second-order valence-corrected chi connectivity index (χ2v) is 4.87. The molecule has 0 radical (unpaired) electrons. The average Bonchev–Trinajstić information content (AvgIpc) is 2.96. The van der Waals surface area contributed by atoms with E-state index in [1.165, 1.54) is 24.8 Å². The van der Waals surface area contributed by atoms with Crippen LogP contribution in [0.2, 0.25) is 0 Å². The Balaban J connectivity index is 2.26. The van der Waals surface area contributed by atoms with E-state index >= 15 is 0 Å². The monoisotopic (exact) mass is 279 g/mol. The van der Waals surface area contributed by atoms with Crippen LogP contribution < -0.4 is 5.32 Å². The Hall–Kier alpha value is -2.15. The number of thiophene rings is 1. The number of amides is 1. The third kappa shape index (κ3) is 2.65. The van der Waals surface area contributed by atoms with Gasteiger partial charge < -0.3 is 14.6 Å². The van der Waals surface area contributed by atoms with Gasteiger partial charge in [-0.2, -0.15) is 0 Å². The molecule has 0 spiro atoms. The highest BCUT2D eigenvalue weighted by atomic mass is 32.1. The molecule has 19 heavy (non-hydrogen) atoms. The van der Waals surface area contributed by atoms with Gasteiger partial charge in [0.15, 0.2) is 0 Å². The number of imidazole rings is 1. The molecule has 2 rings (SSSR count).